The molecule has 146 valence electrons. The third-order valence-electron chi connectivity index (χ3n) is 5.59. The molecule has 0 spiro atoms. The zero-order valence-corrected chi connectivity index (χ0v) is 16.1. The van der Waals surface area contributed by atoms with Gasteiger partial charge >= 0.3 is 0 Å². The Balaban J connectivity index is 1.33. The SMILES string of the molecule is CC1CN(CC2CCN(C(=O)c3cn[nH]c3-c3ccoc3)CC2)CC(C)O1. The molecule has 2 fully saturated rings. The van der Waals surface area contributed by atoms with E-state index in [0.717, 1.165) is 56.8 Å². The van der Waals surface area contributed by atoms with E-state index >= 15 is 0 Å². The summed E-state index contributed by atoms with van der Waals surface area (Å²) < 4.78 is 11.0. The van der Waals surface area contributed by atoms with Crippen molar-refractivity contribution in [2.24, 2.45) is 5.92 Å². The van der Waals surface area contributed by atoms with Gasteiger partial charge in [-0.2, -0.15) is 5.10 Å². The van der Waals surface area contributed by atoms with Crippen LogP contribution >= 0.6 is 0 Å². The Morgan fingerprint density at radius 3 is 2.67 bits per heavy atom. The number of likely N-dealkylation sites (tertiary alicyclic amines) is 1. The molecule has 0 radical (unpaired) electrons. The number of morpholine rings is 1. The van der Waals surface area contributed by atoms with Crippen molar-refractivity contribution in [3.63, 3.8) is 0 Å². The molecule has 2 aromatic heterocycles. The third-order valence-corrected chi connectivity index (χ3v) is 5.59. The first kappa shape index (κ1) is 18.3. The zero-order chi connectivity index (χ0) is 18.8. The molecule has 2 unspecified atom stereocenters. The highest BCUT2D eigenvalue weighted by atomic mass is 16.5. The van der Waals surface area contributed by atoms with Crippen LogP contribution < -0.4 is 0 Å². The van der Waals surface area contributed by atoms with Crippen molar-refractivity contribution >= 4 is 5.91 Å². The highest BCUT2D eigenvalue weighted by Crippen LogP contribution is 2.26. The first-order valence-electron chi connectivity index (χ1n) is 9.83. The number of hydrogen-bond donors (Lipinski definition) is 1. The largest absolute Gasteiger partial charge is 0.472 e. The Morgan fingerprint density at radius 2 is 2.00 bits per heavy atom. The smallest absolute Gasteiger partial charge is 0.257 e. The van der Waals surface area contributed by atoms with Gasteiger partial charge in [0.05, 0.1) is 42.2 Å². The Kier molecular flexibility index (Phi) is 5.31. The highest BCUT2D eigenvalue weighted by Gasteiger charge is 2.29. The fraction of sp³-hybridized carbons (Fsp3) is 0.600. The second kappa shape index (κ2) is 7.86. The average molecular weight is 372 g/mol. The van der Waals surface area contributed by atoms with Gasteiger partial charge in [-0.3, -0.25) is 14.8 Å². The summed E-state index contributed by atoms with van der Waals surface area (Å²) in [7, 11) is 0. The molecular weight excluding hydrogens is 344 g/mol. The quantitative estimate of drug-likeness (QED) is 0.893. The molecule has 0 saturated carbocycles. The molecule has 2 aliphatic heterocycles. The van der Waals surface area contributed by atoms with Crippen LogP contribution in [-0.2, 0) is 4.74 Å². The molecule has 2 atom stereocenters. The fourth-order valence-corrected chi connectivity index (χ4v) is 4.36. The number of aromatic amines is 1. The lowest BCUT2D eigenvalue weighted by atomic mass is 9.95. The van der Waals surface area contributed by atoms with Crippen LogP contribution in [0.2, 0.25) is 0 Å². The number of rotatable bonds is 4. The van der Waals surface area contributed by atoms with Crippen LogP contribution in [0.3, 0.4) is 0 Å². The van der Waals surface area contributed by atoms with E-state index in [0.29, 0.717) is 23.7 Å². The number of H-pyrrole nitrogens is 1. The maximum atomic E-state index is 13.0. The van der Waals surface area contributed by atoms with Crippen molar-refractivity contribution in [2.45, 2.75) is 38.9 Å². The number of piperidine rings is 1. The molecular formula is C20H28N4O3. The molecule has 1 amide bonds. The minimum absolute atomic E-state index is 0.0482. The minimum Gasteiger partial charge on any atom is -0.472 e. The number of nitrogens with one attached hydrogen (secondary N) is 1. The Bertz CT molecular complexity index is 739. The summed E-state index contributed by atoms with van der Waals surface area (Å²) in [5.74, 6) is 0.691. The maximum Gasteiger partial charge on any atom is 0.257 e. The third kappa shape index (κ3) is 4.09. The molecule has 2 aromatic rings. The average Bonchev–Trinajstić information content (AvgIpc) is 3.32. The standard InChI is InChI=1S/C20H28N4O3/c1-14-10-23(11-15(2)27-14)12-16-3-6-24(7-4-16)20(25)18-9-21-22-19(18)17-5-8-26-13-17/h5,8-9,13-16H,3-4,6-7,10-12H2,1-2H3,(H,21,22). The number of furan rings is 1. The molecule has 4 rings (SSSR count). The Hall–Kier alpha value is -2.12. The van der Waals surface area contributed by atoms with Gasteiger partial charge in [0.25, 0.3) is 5.91 Å². The second-order valence-corrected chi connectivity index (χ2v) is 7.88. The summed E-state index contributed by atoms with van der Waals surface area (Å²) in [5, 5.41) is 6.99. The van der Waals surface area contributed by atoms with E-state index < -0.39 is 0 Å². The second-order valence-electron chi connectivity index (χ2n) is 7.88. The van der Waals surface area contributed by atoms with E-state index in [1.807, 2.05) is 11.0 Å². The summed E-state index contributed by atoms with van der Waals surface area (Å²) in [6, 6.07) is 1.83. The lowest BCUT2D eigenvalue weighted by Gasteiger charge is -2.39. The first-order chi connectivity index (χ1) is 13.1. The Morgan fingerprint density at radius 1 is 1.26 bits per heavy atom. The van der Waals surface area contributed by atoms with Gasteiger partial charge in [-0.1, -0.05) is 0 Å². The van der Waals surface area contributed by atoms with Crippen molar-refractivity contribution in [1.29, 1.82) is 0 Å². The number of hydrogen-bond acceptors (Lipinski definition) is 5. The zero-order valence-electron chi connectivity index (χ0n) is 16.1. The predicted molar refractivity (Wildman–Crippen MR) is 101 cm³/mol. The summed E-state index contributed by atoms with van der Waals surface area (Å²) in [5.41, 5.74) is 2.19. The fourth-order valence-electron chi connectivity index (χ4n) is 4.36. The molecule has 7 heteroatoms. The van der Waals surface area contributed by atoms with E-state index in [2.05, 4.69) is 28.9 Å². The summed E-state index contributed by atoms with van der Waals surface area (Å²) in [6.45, 7) is 9.01. The first-order valence-corrected chi connectivity index (χ1v) is 9.83. The van der Waals surface area contributed by atoms with Crippen LogP contribution in [0.4, 0.5) is 0 Å². The van der Waals surface area contributed by atoms with Gasteiger partial charge in [0.2, 0.25) is 0 Å². The van der Waals surface area contributed by atoms with Crippen molar-refractivity contribution in [3.05, 3.63) is 30.4 Å². The van der Waals surface area contributed by atoms with E-state index in [-0.39, 0.29) is 5.91 Å². The van der Waals surface area contributed by atoms with Crippen molar-refractivity contribution in [2.75, 3.05) is 32.7 Å². The topological polar surface area (TPSA) is 74.6 Å². The van der Waals surface area contributed by atoms with E-state index in [1.54, 1.807) is 18.7 Å². The molecule has 7 nitrogen and oxygen atoms in total. The van der Waals surface area contributed by atoms with E-state index in [9.17, 15) is 4.79 Å². The van der Waals surface area contributed by atoms with Gasteiger partial charge in [0, 0.05) is 38.3 Å². The maximum absolute atomic E-state index is 13.0. The van der Waals surface area contributed by atoms with Crippen molar-refractivity contribution in [3.8, 4) is 11.3 Å². The van der Waals surface area contributed by atoms with Crippen LogP contribution in [0.25, 0.3) is 11.3 Å². The van der Waals surface area contributed by atoms with Gasteiger partial charge in [0.1, 0.15) is 0 Å². The molecule has 4 heterocycles. The van der Waals surface area contributed by atoms with Gasteiger partial charge in [-0.15, -0.1) is 0 Å². The van der Waals surface area contributed by atoms with Gasteiger partial charge in [0.15, 0.2) is 0 Å². The Labute approximate surface area is 159 Å². The van der Waals surface area contributed by atoms with E-state index in [4.69, 9.17) is 9.15 Å². The lowest BCUT2D eigenvalue weighted by Crippen LogP contribution is -2.48. The predicted octanol–water partition coefficient (Wildman–Crippen LogP) is 2.63. The summed E-state index contributed by atoms with van der Waals surface area (Å²) >= 11 is 0. The lowest BCUT2D eigenvalue weighted by molar-refractivity contribution is -0.0728. The molecule has 0 aromatic carbocycles. The van der Waals surface area contributed by atoms with Crippen LogP contribution in [0.5, 0.6) is 0 Å². The number of carbonyl (C=O) groups is 1. The molecule has 0 bridgehead atoms. The van der Waals surface area contributed by atoms with E-state index in [1.165, 1.54) is 0 Å². The number of amides is 1. The molecule has 27 heavy (non-hydrogen) atoms. The van der Waals surface area contributed by atoms with Crippen LogP contribution in [0.1, 0.15) is 37.0 Å². The monoisotopic (exact) mass is 372 g/mol. The van der Waals surface area contributed by atoms with Crippen molar-refractivity contribution < 1.29 is 13.9 Å². The number of nitrogens with zero attached hydrogens (tertiary/aromatic N) is 3. The number of ether oxygens (including phenoxy) is 1. The van der Waals surface area contributed by atoms with Crippen LogP contribution in [0, 0.1) is 5.92 Å². The molecule has 1 N–H and O–H groups in total. The normalized spacial score (nSPS) is 25.0. The highest BCUT2D eigenvalue weighted by molar-refractivity contribution is 5.99. The number of aromatic nitrogens is 2. The number of carbonyl (C=O) groups excluding carboxylic acids is 1. The summed E-state index contributed by atoms with van der Waals surface area (Å²) in [4.78, 5) is 17.4. The van der Waals surface area contributed by atoms with Gasteiger partial charge < -0.3 is 14.1 Å². The minimum atomic E-state index is 0.0482. The molecule has 2 saturated heterocycles. The van der Waals surface area contributed by atoms with Crippen LogP contribution in [0.15, 0.2) is 29.2 Å². The summed E-state index contributed by atoms with van der Waals surface area (Å²) in [6.07, 6.45) is 7.54. The van der Waals surface area contributed by atoms with Crippen molar-refractivity contribution in [1.82, 2.24) is 20.0 Å². The van der Waals surface area contributed by atoms with Gasteiger partial charge in [-0.05, 0) is 38.7 Å². The van der Waals surface area contributed by atoms with Gasteiger partial charge in [-0.25, -0.2) is 0 Å². The molecule has 0 aliphatic carbocycles. The van der Waals surface area contributed by atoms with Crippen LogP contribution in [-0.4, -0.2) is 70.8 Å². The molecule has 2 aliphatic rings.